The van der Waals surface area contributed by atoms with Gasteiger partial charge in [-0.1, -0.05) is 38.7 Å². The lowest BCUT2D eigenvalue weighted by Crippen LogP contribution is -2.59. The van der Waals surface area contributed by atoms with Crippen molar-refractivity contribution >= 4 is 6.16 Å². The first-order valence-corrected chi connectivity index (χ1v) is 11.8. The summed E-state index contributed by atoms with van der Waals surface area (Å²) in [6.45, 7) is 2.78. The number of carbonyl (C=O) groups is 1. The standard InChI is InChI=1S/C24H33NO5/c1-2-3-4-5-13-25-30-23(27)28-19-11-8-16-14-15-7-6-12-24-17(15)9-10-18(26)22(24)29-21(19)20(16)24/h8,11,15,17-18,22,25-26H,2-7,9-10,12-14H2,1H3. The number of carbonyl (C=O) groups excluding carboxylic acids is 1. The van der Waals surface area contributed by atoms with Crippen molar-refractivity contribution in [3.05, 3.63) is 23.3 Å². The molecular formula is C24H33NO5. The van der Waals surface area contributed by atoms with Crippen molar-refractivity contribution in [2.75, 3.05) is 6.54 Å². The molecule has 2 fully saturated rings. The largest absolute Gasteiger partial charge is 0.533 e. The van der Waals surface area contributed by atoms with Crippen molar-refractivity contribution in [3.63, 3.8) is 0 Å². The molecule has 5 rings (SSSR count). The van der Waals surface area contributed by atoms with E-state index in [-0.39, 0.29) is 11.5 Å². The van der Waals surface area contributed by atoms with Gasteiger partial charge >= 0.3 is 6.16 Å². The summed E-state index contributed by atoms with van der Waals surface area (Å²) in [6, 6.07) is 3.91. The number of aliphatic hydroxyl groups is 1. The molecule has 6 heteroatoms. The second kappa shape index (κ2) is 8.04. The molecule has 5 atom stereocenters. The van der Waals surface area contributed by atoms with E-state index in [4.69, 9.17) is 14.3 Å². The summed E-state index contributed by atoms with van der Waals surface area (Å²) in [5.41, 5.74) is 5.08. The minimum Gasteiger partial charge on any atom is -0.483 e. The van der Waals surface area contributed by atoms with Gasteiger partial charge in [-0.2, -0.15) is 0 Å². The van der Waals surface area contributed by atoms with Gasteiger partial charge in [0.05, 0.1) is 6.10 Å². The van der Waals surface area contributed by atoms with E-state index < -0.39 is 12.3 Å². The van der Waals surface area contributed by atoms with Crippen molar-refractivity contribution in [3.8, 4) is 11.5 Å². The van der Waals surface area contributed by atoms with Crippen LogP contribution < -0.4 is 15.0 Å². The van der Waals surface area contributed by atoms with Gasteiger partial charge in [0.2, 0.25) is 0 Å². The number of hydrogen-bond acceptors (Lipinski definition) is 6. The van der Waals surface area contributed by atoms with Gasteiger partial charge in [-0.15, -0.1) is 5.48 Å². The van der Waals surface area contributed by atoms with Crippen LogP contribution in [0.1, 0.15) is 75.8 Å². The van der Waals surface area contributed by atoms with Gasteiger partial charge in [-0.05, 0) is 62.0 Å². The zero-order valence-electron chi connectivity index (χ0n) is 17.8. The molecule has 2 bridgehead atoms. The van der Waals surface area contributed by atoms with Gasteiger partial charge in [0.25, 0.3) is 0 Å². The van der Waals surface area contributed by atoms with Crippen LogP contribution in [-0.4, -0.2) is 30.0 Å². The number of unbranched alkanes of at least 4 members (excludes halogenated alkanes) is 3. The van der Waals surface area contributed by atoms with E-state index in [0.29, 0.717) is 29.9 Å². The summed E-state index contributed by atoms with van der Waals surface area (Å²) in [4.78, 5) is 17.3. The van der Waals surface area contributed by atoms with E-state index in [1.807, 2.05) is 6.07 Å². The smallest absolute Gasteiger partial charge is 0.483 e. The molecule has 5 unspecified atom stereocenters. The van der Waals surface area contributed by atoms with Gasteiger partial charge < -0.3 is 19.4 Å². The molecule has 0 amide bonds. The van der Waals surface area contributed by atoms with Crippen molar-refractivity contribution in [2.45, 2.75) is 88.8 Å². The van der Waals surface area contributed by atoms with Crippen LogP contribution in [0.25, 0.3) is 0 Å². The van der Waals surface area contributed by atoms with Crippen LogP contribution in [0.4, 0.5) is 4.79 Å². The molecule has 0 saturated heterocycles. The first kappa shape index (κ1) is 20.1. The second-order valence-electron chi connectivity index (χ2n) is 9.52. The maximum Gasteiger partial charge on any atom is 0.533 e. The third kappa shape index (κ3) is 3.11. The number of rotatable bonds is 7. The predicted molar refractivity (Wildman–Crippen MR) is 112 cm³/mol. The van der Waals surface area contributed by atoms with Crippen molar-refractivity contribution in [1.29, 1.82) is 0 Å². The lowest BCUT2D eigenvalue weighted by molar-refractivity contribution is -0.0860. The topological polar surface area (TPSA) is 77.0 Å². The van der Waals surface area contributed by atoms with Crippen LogP contribution in [0.5, 0.6) is 11.5 Å². The Morgan fingerprint density at radius 3 is 3.03 bits per heavy atom. The molecule has 1 spiro atoms. The zero-order chi connectivity index (χ0) is 20.7. The molecule has 2 saturated carbocycles. The van der Waals surface area contributed by atoms with Gasteiger partial charge in [0, 0.05) is 17.5 Å². The van der Waals surface area contributed by atoms with Crippen LogP contribution in [-0.2, 0) is 16.7 Å². The highest BCUT2D eigenvalue weighted by Gasteiger charge is 2.64. The van der Waals surface area contributed by atoms with Crippen LogP contribution in [0.3, 0.4) is 0 Å². The lowest BCUT2D eigenvalue weighted by atomic mass is 9.48. The molecule has 1 aliphatic heterocycles. The molecule has 4 aliphatic rings. The Labute approximate surface area is 178 Å². The fourth-order valence-corrected chi connectivity index (χ4v) is 6.77. The van der Waals surface area contributed by atoms with E-state index in [9.17, 15) is 9.90 Å². The van der Waals surface area contributed by atoms with Gasteiger partial charge in [-0.25, -0.2) is 4.79 Å². The van der Waals surface area contributed by atoms with Crippen LogP contribution >= 0.6 is 0 Å². The predicted octanol–water partition coefficient (Wildman–Crippen LogP) is 4.41. The van der Waals surface area contributed by atoms with Gasteiger partial charge in [0.1, 0.15) is 6.10 Å². The summed E-state index contributed by atoms with van der Waals surface area (Å²) < 4.78 is 11.9. The van der Waals surface area contributed by atoms with Crippen LogP contribution in [0.15, 0.2) is 12.1 Å². The second-order valence-corrected chi connectivity index (χ2v) is 9.52. The van der Waals surface area contributed by atoms with Gasteiger partial charge in [-0.3, -0.25) is 0 Å². The molecular weight excluding hydrogens is 382 g/mol. The van der Waals surface area contributed by atoms with E-state index in [2.05, 4.69) is 18.5 Å². The minimum atomic E-state index is -0.771. The molecule has 164 valence electrons. The maximum absolute atomic E-state index is 12.2. The molecule has 2 N–H and O–H groups in total. The molecule has 3 aliphatic carbocycles. The Balaban J connectivity index is 1.35. The Bertz CT molecular complexity index is 811. The van der Waals surface area contributed by atoms with E-state index in [1.165, 1.54) is 36.8 Å². The van der Waals surface area contributed by atoms with Crippen molar-refractivity contribution in [1.82, 2.24) is 5.48 Å². The molecule has 0 radical (unpaired) electrons. The van der Waals surface area contributed by atoms with Gasteiger partial charge in [0.15, 0.2) is 11.5 Å². The summed E-state index contributed by atoms with van der Waals surface area (Å²) in [5.74, 6) is 2.29. The minimum absolute atomic E-state index is 0.121. The fraction of sp³-hybridized carbons (Fsp3) is 0.708. The summed E-state index contributed by atoms with van der Waals surface area (Å²) in [7, 11) is 0. The number of aliphatic hydroxyl groups excluding tert-OH is 1. The summed E-state index contributed by atoms with van der Waals surface area (Å²) in [6.07, 6.45) is 9.32. The average Bonchev–Trinajstić information content (AvgIpc) is 3.08. The van der Waals surface area contributed by atoms with E-state index in [0.717, 1.165) is 38.5 Å². The van der Waals surface area contributed by atoms with Crippen LogP contribution in [0, 0.1) is 11.8 Å². The monoisotopic (exact) mass is 415 g/mol. The van der Waals surface area contributed by atoms with Crippen molar-refractivity contribution in [2.24, 2.45) is 11.8 Å². The zero-order valence-corrected chi connectivity index (χ0v) is 17.8. The molecule has 1 aromatic rings. The maximum atomic E-state index is 12.2. The average molecular weight is 416 g/mol. The quantitative estimate of drug-likeness (QED) is 0.297. The Morgan fingerprint density at radius 2 is 2.17 bits per heavy atom. The van der Waals surface area contributed by atoms with E-state index >= 15 is 0 Å². The summed E-state index contributed by atoms with van der Waals surface area (Å²) >= 11 is 0. The lowest BCUT2D eigenvalue weighted by Gasteiger charge is -2.55. The van der Waals surface area contributed by atoms with Crippen LogP contribution in [0.2, 0.25) is 0 Å². The number of benzene rings is 1. The third-order valence-corrected chi connectivity index (χ3v) is 7.91. The molecule has 0 aromatic heterocycles. The van der Waals surface area contributed by atoms with E-state index in [1.54, 1.807) is 0 Å². The first-order chi connectivity index (χ1) is 14.6. The molecule has 1 aromatic carbocycles. The van der Waals surface area contributed by atoms with Crippen molar-refractivity contribution < 1.29 is 24.2 Å². The fourth-order valence-electron chi connectivity index (χ4n) is 6.77. The highest BCUT2D eigenvalue weighted by Crippen LogP contribution is 2.65. The molecule has 30 heavy (non-hydrogen) atoms. The SMILES string of the molecule is CCCCCCNOC(=O)Oc1ccc2c3c1OC1C(O)CCC4C(CCCC341)C2. The highest BCUT2D eigenvalue weighted by molar-refractivity contribution is 5.68. The summed E-state index contributed by atoms with van der Waals surface area (Å²) in [5, 5.41) is 10.8. The number of hydroxylamine groups is 1. The number of hydrogen-bond donors (Lipinski definition) is 2. The normalized spacial score (nSPS) is 32.9. The number of ether oxygens (including phenoxy) is 2. The molecule has 1 heterocycles. The Morgan fingerprint density at radius 1 is 1.27 bits per heavy atom. The number of nitrogens with one attached hydrogen (secondary N) is 1. The Kier molecular flexibility index (Phi) is 5.40. The molecule has 6 nitrogen and oxygen atoms in total. The third-order valence-electron chi connectivity index (χ3n) is 7.91. The highest BCUT2D eigenvalue weighted by atomic mass is 16.8. The first-order valence-electron chi connectivity index (χ1n) is 11.8. The Hall–Kier alpha value is -1.79.